The molecule has 2 nitrogen and oxygen atoms in total. The molecule has 0 aliphatic heterocycles. The number of esters is 1. The smallest absolute Gasteiger partial charge is 0.333 e. The zero-order valence-corrected chi connectivity index (χ0v) is 11.4. The maximum atomic E-state index is 11.8. The molecule has 2 heteroatoms. The van der Waals surface area contributed by atoms with Crippen LogP contribution in [0, 0.1) is 17.3 Å². The van der Waals surface area contributed by atoms with Gasteiger partial charge in [-0.3, -0.25) is 0 Å². The number of fused-ring (bicyclic) bond motifs is 1. The summed E-state index contributed by atoms with van der Waals surface area (Å²) >= 11 is 0. The fourth-order valence-electron chi connectivity index (χ4n) is 3.40. The second-order valence-corrected chi connectivity index (χ2v) is 5.93. The van der Waals surface area contributed by atoms with Crippen LogP contribution in [-0.2, 0) is 9.53 Å². The molecule has 0 aromatic rings. The van der Waals surface area contributed by atoms with E-state index in [1.807, 2.05) is 19.9 Å². The highest BCUT2D eigenvalue weighted by Gasteiger charge is 2.60. The average molecular weight is 234 g/mol. The SMILES string of the molecule is C/C=C(/C)C(=O)OC1C2CC=C(C)C1C2(C)C. The van der Waals surface area contributed by atoms with Gasteiger partial charge in [0.15, 0.2) is 0 Å². The van der Waals surface area contributed by atoms with Gasteiger partial charge < -0.3 is 4.74 Å². The molecule has 1 fully saturated rings. The summed E-state index contributed by atoms with van der Waals surface area (Å²) in [5, 5.41) is 0. The highest BCUT2D eigenvalue weighted by molar-refractivity contribution is 5.87. The number of ether oxygens (including phenoxy) is 1. The second kappa shape index (κ2) is 4.01. The van der Waals surface area contributed by atoms with Gasteiger partial charge in [-0.2, -0.15) is 0 Å². The van der Waals surface area contributed by atoms with E-state index in [4.69, 9.17) is 4.74 Å². The van der Waals surface area contributed by atoms with Crippen molar-refractivity contribution in [2.45, 2.75) is 47.1 Å². The minimum Gasteiger partial charge on any atom is -0.458 e. The summed E-state index contributed by atoms with van der Waals surface area (Å²) in [7, 11) is 0. The molecule has 0 aromatic heterocycles. The lowest BCUT2D eigenvalue weighted by Gasteiger charge is -2.60. The first-order valence-electron chi connectivity index (χ1n) is 6.40. The van der Waals surface area contributed by atoms with Crippen molar-refractivity contribution >= 4 is 5.97 Å². The first kappa shape index (κ1) is 12.4. The van der Waals surface area contributed by atoms with Crippen molar-refractivity contribution in [2.24, 2.45) is 17.3 Å². The predicted molar refractivity (Wildman–Crippen MR) is 68.4 cm³/mol. The number of hydrogen-bond acceptors (Lipinski definition) is 2. The van der Waals surface area contributed by atoms with Crippen molar-refractivity contribution in [3.63, 3.8) is 0 Å². The number of carbonyl (C=O) groups excluding carboxylic acids is 1. The quantitative estimate of drug-likeness (QED) is 0.415. The van der Waals surface area contributed by atoms with Gasteiger partial charge in [0.05, 0.1) is 0 Å². The van der Waals surface area contributed by atoms with Crippen LogP contribution in [0.2, 0.25) is 0 Å². The van der Waals surface area contributed by atoms with Gasteiger partial charge in [-0.1, -0.05) is 31.6 Å². The van der Waals surface area contributed by atoms with Crippen LogP contribution in [0.4, 0.5) is 0 Å². The summed E-state index contributed by atoms with van der Waals surface area (Å²) in [6, 6.07) is 0. The fraction of sp³-hybridized carbons (Fsp3) is 0.667. The van der Waals surface area contributed by atoms with E-state index < -0.39 is 0 Å². The fourth-order valence-corrected chi connectivity index (χ4v) is 3.40. The normalized spacial score (nSPS) is 34.8. The predicted octanol–water partition coefficient (Wildman–Crippen LogP) is 3.49. The molecular formula is C15H22O2. The molecule has 94 valence electrons. The molecular weight excluding hydrogens is 212 g/mol. The van der Waals surface area contributed by atoms with Crippen molar-refractivity contribution in [3.05, 3.63) is 23.3 Å². The third kappa shape index (κ3) is 1.74. The molecule has 3 aliphatic carbocycles. The molecule has 1 saturated carbocycles. The molecule has 3 rings (SSSR count). The van der Waals surface area contributed by atoms with Crippen LogP contribution in [0.5, 0.6) is 0 Å². The highest BCUT2D eigenvalue weighted by atomic mass is 16.5. The molecule has 0 spiro atoms. The standard InChI is InChI=1S/C15H22O2/c1-6-9(2)14(16)17-13-11-8-7-10(3)12(13)15(11,4)5/h6-7,11-13H,8H2,1-5H3/b9-6-. The summed E-state index contributed by atoms with van der Waals surface area (Å²) in [5.74, 6) is 0.748. The van der Waals surface area contributed by atoms with E-state index in [9.17, 15) is 4.79 Å². The second-order valence-electron chi connectivity index (χ2n) is 5.93. The zero-order chi connectivity index (χ0) is 12.8. The van der Waals surface area contributed by atoms with E-state index in [0.717, 1.165) is 6.42 Å². The van der Waals surface area contributed by atoms with Crippen molar-refractivity contribution in [1.29, 1.82) is 0 Å². The van der Waals surface area contributed by atoms with Crippen molar-refractivity contribution < 1.29 is 9.53 Å². The van der Waals surface area contributed by atoms with Crippen LogP contribution in [0.15, 0.2) is 23.3 Å². The molecule has 3 unspecified atom stereocenters. The van der Waals surface area contributed by atoms with E-state index in [2.05, 4.69) is 26.8 Å². The summed E-state index contributed by atoms with van der Waals surface area (Å²) in [6.07, 6.45) is 5.25. The van der Waals surface area contributed by atoms with Crippen LogP contribution in [0.1, 0.15) is 41.0 Å². The number of rotatable bonds is 2. The molecule has 0 radical (unpaired) electrons. The number of hydrogen-bond donors (Lipinski definition) is 0. The van der Waals surface area contributed by atoms with Gasteiger partial charge in [0.1, 0.15) is 6.10 Å². The Labute approximate surface area is 104 Å². The van der Waals surface area contributed by atoms with Gasteiger partial charge in [0.25, 0.3) is 0 Å². The van der Waals surface area contributed by atoms with Gasteiger partial charge in [0, 0.05) is 17.4 Å². The van der Waals surface area contributed by atoms with Crippen LogP contribution in [0.25, 0.3) is 0 Å². The Morgan fingerprint density at radius 1 is 1.53 bits per heavy atom. The Kier molecular flexibility index (Phi) is 2.92. The first-order valence-corrected chi connectivity index (χ1v) is 6.40. The molecule has 0 aromatic carbocycles. The van der Waals surface area contributed by atoms with Crippen LogP contribution >= 0.6 is 0 Å². The lowest BCUT2D eigenvalue weighted by Crippen LogP contribution is -2.61. The van der Waals surface area contributed by atoms with E-state index in [0.29, 0.717) is 17.4 Å². The lowest BCUT2D eigenvalue weighted by molar-refractivity contribution is -0.188. The van der Waals surface area contributed by atoms with Crippen LogP contribution < -0.4 is 0 Å². The molecule has 2 bridgehead atoms. The van der Waals surface area contributed by atoms with Crippen molar-refractivity contribution in [2.75, 3.05) is 0 Å². The van der Waals surface area contributed by atoms with E-state index in [1.165, 1.54) is 5.57 Å². The van der Waals surface area contributed by atoms with Gasteiger partial charge in [-0.15, -0.1) is 0 Å². The molecule has 3 atom stereocenters. The van der Waals surface area contributed by atoms with Crippen LogP contribution in [-0.4, -0.2) is 12.1 Å². The Balaban J connectivity index is 2.12. The summed E-state index contributed by atoms with van der Waals surface area (Å²) in [4.78, 5) is 11.8. The van der Waals surface area contributed by atoms with Crippen molar-refractivity contribution in [1.82, 2.24) is 0 Å². The topological polar surface area (TPSA) is 26.3 Å². The summed E-state index contributed by atoms with van der Waals surface area (Å²) in [6.45, 7) is 10.4. The molecule has 0 heterocycles. The van der Waals surface area contributed by atoms with Crippen LogP contribution in [0.3, 0.4) is 0 Å². The van der Waals surface area contributed by atoms with Gasteiger partial charge in [-0.25, -0.2) is 4.79 Å². The minimum atomic E-state index is -0.155. The average Bonchev–Trinajstić information content (AvgIpc) is 2.26. The Hall–Kier alpha value is -1.05. The Morgan fingerprint density at radius 3 is 2.65 bits per heavy atom. The zero-order valence-electron chi connectivity index (χ0n) is 11.4. The Bertz CT molecular complexity index is 401. The maximum absolute atomic E-state index is 11.8. The van der Waals surface area contributed by atoms with Gasteiger partial charge >= 0.3 is 5.97 Å². The molecule has 0 amide bonds. The van der Waals surface area contributed by atoms with Gasteiger partial charge in [0.2, 0.25) is 0 Å². The summed E-state index contributed by atoms with van der Waals surface area (Å²) < 4.78 is 5.66. The van der Waals surface area contributed by atoms with E-state index in [1.54, 1.807) is 0 Å². The molecule has 17 heavy (non-hydrogen) atoms. The Morgan fingerprint density at radius 2 is 2.18 bits per heavy atom. The summed E-state index contributed by atoms with van der Waals surface area (Å²) in [5.41, 5.74) is 2.37. The molecule has 0 N–H and O–H groups in total. The largest absolute Gasteiger partial charge is 0.458 e. The molecule has 3 aliphatic rings. The number of carbonyl (C=O) groups is 1. The first-order chi connectivity index (χ1) is 7.89. The van der Waals surface area contributed by atoms with Crippen molar-refractivity contribution in [3.8, 4) is 0 Å². The maximum Gasteiger partial charge on any atom is 0.333 e. The minimum absolute atomic E-state index is 0.0948. The molecule has 0 saturated heterocycles. The lowest BCUT2D eigenvalue weighted by atomic mass is 9.47. The number of allylic oxidation sites excluding steroid dienone is 2. The third-order valence-electron chi connectivity index (χ3n) is 4.66. The third-order valence-corrected chi connectivity index (χ3v) is 4.66. The van der Waals surface area contributed by atoms with Gasteiger partial charge in [-0.05, 0) is 32.6 Å². The van der Waals surface area contributed by atoms with E-state index in [-0.39, 0.29) is 17.5 Å². The van der Waals surface area contributed by atoms with E-state index >= 15 is 0 Å². The monoisotopic (exact) mass is 234 g/mol. The highest BCUT2D eigenvalue weighted by Crippen LogP contribution is 2.60.